The maximum Gasteiger partial charge on any atom is 0.241 e. The lowest BCUT2D eigenvalue weighted by atomic mass is 9.97. The lowest BCUT2D eigenvalue weighted by Crippen LogP contribution is -2.40. The number of anilines is 1. The number of nitrogens with zero attached hydrogens (tertiary/aromatic N) is 3. The lowest BCUT2D eigenvalue weighted by Gasteiger charge is -2.30. The van der Waals surface area contributed by atoms with Crippen LogP contribution in [-0.2, 0) is 11.3 Å². The van der Waals surface area contributed by atoms with E-state index in [-0.39, 0.29) is 11.8 Å². The Morgan fingerprint density at radius 2 is 2.12 bits per heavy atom. The van der Waals surface area contributed by atoms with E-state index in [4.69, 9.17) is 8.94 Å². The molecule has 1 aromatic carbocycles. The first kappa shape index (κ1) is 16.5. The fourth-order valence-corrected chi connectivity index (χ4v) is 3.20. The number of piperidine rings is 1. The van der Waals surface area contributed by atoms with Gasteiger partial charge in [0.15, 0.2) is 5.76 Å². The van der Waals surface area contributed by atoms with E-state index in [1.54, 1.807) is 18.4 Å². The third-order valence-corrected chi connectivity index (χ3v) is 4.49. The molecule has 7 nitrogen and oxygen atoms in total. The molecule has 3 heterocycles. The van der Waals surface area contributed by atoms with E-state index < -0.39 is 0 Å². The second-order valence-electron chi connectivity index (χ2n) is 6.42. The highest BCUT2D eigenvalue weighted by Gasteiger charge is 2.27. The van der Waals surface area contributed by atoms with E-state index in [1.165, 1.54) is 0 Å². The first-order valence-corrected chi connectivity index (χ1v) is 8.72. The minimum atomic E-state index is -0.0450. The molecule has 1 amide bonds. The molecule has 0 unspecified atom stereocenters. The SMILES string of the molecule is O=C(Nc1ccccc1)[C@H]1CCCN(Cc2nc(-c3ccco3)no2)C1. The minimum Gasteiger partial charge on any atom is -0.461 e. The van der Waals surface area contributed by atoms with Crippen molar-refractivity contribution in [3.05, 3.63) is 54.6 Å². The molecule has 1 saturated heterocycles. The molecule has 0 radical (unpaired) electrons. The number of furan rings is 1. The molecule has 4 rings (SSSR count). The number of carbonyl (C=O) groups excluding carboxylic acids is 1. The standard InChI is InChI=1S/C19H20N4O3/c24-19(20-15-7-2-1-3-8-15)14-6-4-10-23(12-14)13-17-21-18(22-26-17)16-9-5-11-25-16/h1-3,5,7-9,11,14H,4,6,10,12-13H2,(H,20,24)/t14-/m0/s1. The molecule has 134 valence electrons. The maximum atomic E-state index is 12.5. The van der Waals surface area contributed by atoms with Crippen molar-refractivity contribution < 1.29 is 13.7 Å². The van der Waals surface area contributed by atoms with E-state index in [0.29, 0.717) is 30.6 Å². The van der Waals surface area contributed by atoms with Crippen LogP contribution >= 0.6 is 0 Å². The van der Waals surface area contributed by atoms with Gasteiger partial charge in [-0.1, -0.05) is 23.4 Å². The minimum absolute atomic E-state index is 0.0450. The number of benzene rings is 1. The van der Waals surface area contributed by atoms with Crippen LogP contribution in [0.3, 0.4) is 0 Å². The molecule has 1 fully saturated rings. The van der Waals surface area contributed by atoms with Gasteiger partial charge < -0.3 is 14.3 Å². The number of amides is 1. The van der Waals surface area contributed by atoms with Crippen LogP contribution in [0, 0.1) is 5.92 Å². The molecule has 26 heavy (non-hydrogen) atoms. The Balaban J connectivity index is 1.35. The van der Waals surface area contributed by atoms with Crippen molar-refractivity contribution in [2.75, 3.05) is 18.4 Å². The van der Waals surface area contributed by atoms with Crippen LogP contribution < -0.4 is 5.32 Å². The van der Waals surface area contributed by atoms with Crippen LogP contribution in [0.25, 0.3) is 11.6 Å². The number of carbonyl (C=O) groups is 1. The average molecular weight is 352 g/mol. The molecule has 0 saturated carbocycles. The Labute approximate surface area is 151 Å². The maximum absolute atomic E-state index is 12.5. The van der Waals surface area contributed by atoms with Crippen molar-refractivity contribution in [3.8, 4) is 11.6 Å². The van der Waals surface area contributed by atoms with Crippen molar-refractivity contribution in [3.63, 3.8) is 0 Å². The number of aromatic nitrogens is 2. The van der Waals surface area contributed by atoms with Gasteiger partial charge in [0, 0.05) is 12.2 Å². The molecule has 1 aliphatic heterocycles. The van der Waals surface area contributed by atoms with Gasteiger partial charge in [0.25, 0.3) is 0 Å². The van der Waals surface area contributed by atoms with Crippen LogP contribution in [0.15, 0.2) is 57.7 Å². The van der Waals surface area contributed by atoms with Crippen LogP contribution in [0.1, 0.15) is 18.7 Å². The summed E-state index contributed by atoms with van der Waals surface area (Å²) in [6.07, 6.45) is 3.43. The fourth-order valence-electron chi connectivity index (χ4n) is 3.20. The predicted molar refractivity (Wildman–Crippen MR) is 95.1 cm³/mol. The number of hydrogen-bond acceptors (Lipinski definition) is 6. The van der Waals surface area contributed by atoms with Crippen LogP contribution in [0.2, 0.25) is 0 Å². The molecule has 1 atom stereocenters. The highest BCUT2D eigenvalue weighted by molar-refractivity contribution is 5.92. The van der Waals surface area contributed by atoms with E-state index >= 15 is 0 Å². The molecule has 1 aliphatic rings. The second kappa shape index (κ2) is 7.53. The quantitative estimate of drug-likeness (QED) is 0.759. The summed E-state index contributed by atoms with van der Waals surface area (Å²) < 4.78 is 10.6. The predicted octanol–water partition coefficient (Wildman–Crippen LogP) is 3.18. The molecule has 3 aromatic rings. The van der Waals surface area contributed by atoms with Gasteiger partial charge in [0.2, 0.25) is 17.6 Å². The Hall–Kier alpha value is -2.93. The van der Waals surface area contributed by atoms with Gasteiger partial charge in [0.1, 0.15) is 0 Å². The van der Waals surface area contributed by atoms with E-state index in [9.17, 15) is 4.79 Å². The number of rotatable bonds is 5. The van der Waals surface area contributed by atoms with E-state index in [0.717, 1.165) is 25.1 Å². The van der Waals surface area contributed by atoms with Crippen molar-refractivity contribution in [1.29, 1.82) is 0 Å². The molecule has 1 N–H and O–H groups in total. The lowest BCUT2D eigenvalue weighted by molar-refractivity contribution is -0.121. The summed E-state index contributed by atoms with van der Waals surface area (Å²) in [5, 5.41) is 6.94. The van der Waals surface area contributed by atoms with Crippen LogP contribution in [-0.4, -0.2) is 34.0 Å². The highest BCUT2D eigenvalue weighted by atomic mass is 16.5. The smallest absolute Gasteiger partial charge is 0.241 e. The van der Waals surface area contributed by atoms with Gasteiger partial charge in [-0.15, -0.1) is 0 Å². The summed E-state index contributed by atoms with van der Waals surface area (Å²) in [6.45, 7) is 2.12. The van der Waals surface area contributed by atoms with Gasteiger partial charge in [-0.2, -0.15) is 4.98 Å². The van der Waals surface area contributed by atoms with Crippen molar-refractivity contribution in [2.24, 2.45) is 5.92 Å². The van der Waals surface area contributed by atoms with Gasteiger partial charge in [-0.3, -0.25) is 9.69 Å². The number of hydrogen-bond donors (Lipinski definition) is 1. The van der Waals surface area contributed by atoms with Gasteiger partial charge in [-0.05, 0) is 43.7 Å². The monoisotopic (exact) mass is 352 g/mol. The first-order chi connectivity index (χ1) is 12.8. The van der Waals surface area contributed by atoms with Crippen molar-refractivity contribution >= 4 is 11.6 Å². The van der Waals surface area contributed by atoms with Crippen LogP contribution in [0.5, 0.6) is 0 Å². The molecule has 7 heteroatoms. The summed E-state index contributed by atoms with van der Waals surface area (Å²) >= 11 is 0. The Bertz CT molecular complexity index is 845. The third kappa shape index (κ3) is 3.83. The van der Waals surface area contributed by atoms with Crippen molar-refractivity contribution in [1.82, 2.24) is 15.0 Å². The third-order valence-electron chi connectivity index (χ3n) is 4.49. The number of para-hydroxylation sites is 1. The molecule has 0 aliphatic carbocycles. The number of nitrogens with one attached hydrogen (secondary N) is 1. The second-order valence-corrected chi connectivity index (χ2v) is 6.42. The molecular formula is C19H20N4O3. The zero-order chi connectivity index (χ0) is 17.8. The summed E-state index contributed by atoms with van der Waals surface area (Å²) in [7, 11) is 0. The molecule has 0 bridgehead atoms. The van der Waals surface area contributed by atoms with E-state index in [2.05, 4.69) is 20.4 Å². The summed E-state index contributed by atoms with van der Waals surface area (Å²) in [6, 6.07) is 13.1. The largest absolute Gasteiger partial charge is 0.461 e. The Morgan fingerprint density at radius 1 is 1.23 bits per heavy atom. The zero-order valence-corrected chi connectivity index (χ0v) is 14.3. The number of likely N-dealkylation sites (tertiary alicyclic amines) is 1. The topological polar surface area (TPSA) is 84.4 Å². The molecular weight excluding hydrogens is 332 g/mol. The van der Waals surface area contributed by atoms with Crippen LogP contribution in [0.4, 0.5) is 5.69 Å². The average Bonchev–Trinajstić information content (AvgIpc) is 3.34. The normalized spacial score (nSPS) is 17.9. The van der Waals surface area contributed by atoms with Gasteiger partial charge in [0.05, 0.1) is 18.7 Å². The zero-order valence-electron chi connectivity index (χ0n) is 14.3. The summed E-state index contributed by atoms with van der Waals surface area (Å²) in [4.78, 5) is 19.1. The molecule has 2 aromatic heterocycles. The summed E-state index contributed by atoms with van der Waals surface area (Å²) in [5.41, 5.74) is 0.828. The van der Waals surface area contributed by atoms with E-state index in [1.807, 2.05) is 30.3 Å². The highest BCUT2D eigenvalue weighted by Crippen LogP contribution is 2.21. The molecule has 0 spiro atoms. The van der Waals surface area contributed by atoms with Crippen molar-refractivity contribution in [2.45, 2.75) is 19.4 Å². The summed E-state index contributed by atoms with van der Waals surface area (Å²) in [5.74, 6) is 1.57. The fraction of sp³-hybridized carbons (Fsp3) is 0.316. The Morgan fingerprint density at radius 3 is 2.92 bits per heavy atom. The van der Waals surface area contributed by atoms with Gasteiger partial charge in [-0.25, -0.2) is 0 Å². The Kier molecular flexibility index (Phi) is 4.79. The first-order valence-electron chi connectivity index (χ1n) is 8.72. The van der Waals surface area contributed by atoms with Gasteiger partial charge >= 0.3 is 0 Å².